The Bertz CT molecular complexity index is 634. The smallest absolute Gasteiger partial charge is 0.315 e. The van der Waals surface area contributed by atoms with E-state index in [1.165, 1.54) is 16.8 Å². The van der Waals surface area contributed by atoms with Crippen LogP contribution in [0, 0.1) is 5.82 Å². The van der Waals surface area contributed by atoms with Crippen molar-refractivity contribution in [2.24, 2.45) is 0 Å². The van der Waals surface area contributed by atoms with Crippen LogP contribution < -0.4 is 10.6 Å². The summed E-state index contributed by atoms with van der Waals surface area (Å²) in [5.74, 6) is 0.0250. The van der Waals surface area contributed by atoms with E-state index >= 15 is 0 Å². The maximum absolute atomic E-state index is 13.2. The molecule has 0 aliphatic carbocycles. The molecule has 7 nitrogen and oxygen atoms in total. The molecule has 0 saturated heterocycles. The minimum Gasteiger partial charge on any atom is -0.334 e. The van der Waals surface area contributed by atoms with E-state index in [0.29, 0.717) is 11.5 Å². The molecular weight excluding hydrogens is 275 g/mol. The highest BCUT2D eigenvalue weighted by atomic mass is 19.1. The Kier molecular flexibility index (Phi) is 4.15. The lowest BCUT2D eigenvalue weighted by Gasteiger charge is -2.20. The summed E-state index contributed by atoms with van der Waals surface area (Å²) in [6, 6.07) is 5.57. The molecule has 2 amide bonds. The maximum atomic E-state index is 13.2. The second-order valence-electron chi connectivity index (χ2n) is 5.54. The third kappa shape index (κ3) is 4.23. The van der Waals surface area contributed by atoms with Gasteiger partial charge < -0.3 is 10.6 Å². The van der Waals surface area contributed by atoms with Crippen LogP contribution in [0.1, 0.15) is 26.6 Å². The molecule has 2 rings (SSSR count). The molecule has 1 heterocycles. The van der Waals surface area contributed by atoms with Crippen LogP contribution in [0.5, 0.6) is 0 Å². The molecule has 0 unspecified atom stereocenters. The summed E-state index contributed by atoms with van der Waals surface area (Å²) in [5.41, 5.74) is 0.159. The largest absolute Gasteiger partial charge is 0.334 e. The number of hydrogen-bond donors (Lipinski definition) is 2. The van der Waals surface area contributed by atoms with Crippen LogP contribution in [-0.4, -0.2) is 31.8 Å². The maximum Gasteiger partial charge on any atom is 0.315 e. The van der Waals surface area contributed by atoms with Gasteiger partial charge in [0, 0.05) is 5.54 Å². The highest BCUT2D eigenvalue weighted by Gasteiger charge is 2.15. The Morgan fingerprint density at radius 3 is 2.81 bits per heavy atom. The number of rotatable bonds is 3. The van der Waals surface area contributed by atoms with Crippen molar-refractivity contribution in [1.82, 2.24) is 30.8 Å². The first-order valence-electron chi connectivity index (χ1n) is 6.44. The predicted octanol–water partition coefficient (Wildman–Crippen LogP) is 1.40. The fraction of sp³-hybridized carbons (Fsp3) is 0.385. The summed E-state index contributed by atoms with van der Waals surface area (Å²) in [5, 5.41) is 16.6. The summed E-state index contributed by atoms with van der Waals surface area (Å²) < 4.78 is 14.6. The molecule has 0 saturated carbocycles. The van der Waals surface area contributed by atoms with Crippen LogP contribution in [-0.2, 0) is 6.54 Å². The van der Waals surface area contributed by atoms with Crippen molar-refractivity contribution in [2.45, 2.75) is 32.9 Å². The number of carbonyl (C=O) groups excluding carboxylic acids is 1. The minimum atomic E-state index is -0.382. The van der Waals surface area contributed by atoms with E-state index < -0.39 is 0 Å². The van der Waals surface area contributed by atoms with Crippen LogP contribution >= 0.6 is 0 Å². The quantitative estimate of drug-likeness (QED) is 0.895. The lowest BCUT2D eigenvalue weighted by Crippen LogP contribution is -2.46. The molecule has 0 spiro atoms. The number of carbonyl (C=O) groups is 1. The van der Waals surface area contributed by atoms with Crippen molar-refractivity contribution in [2.75, 3.05) is 0 Å². The highest BCUT2D eigenvalue weighted by molar-refractivity contribution is 5.74. The van der Waals surface area contributed by atoms with Crippen molar-refractivity contribution in [3.8, 4) is 5.69 Å². The van der Waals surface area contributed by atoms with Crippen molar-refractivity contribution < 1.29 is 9.18 Å². The molecular formula is C13H17FN6O. The molecule has 0 radical (unpaired) electrons. The number of halogens is 1. The van der Waals surface area contributed by atoms with Crippen molar-refractivity contribution in [3.05, 3.63) is 35.9 Å². The van der Waals surface area contributed by atoms with Crippen molar-refractivity contribution >= 4 is 6.03 Å². The summed E-state index contributed by atoms with van der Waals surface area (Å²) >= 11 is 0. The monoisotopic (exact) mass is 292 g/mol. The van der Waals surface area contributed by atoms with Crippen LogP contribution in [0.4, 0.5) is 9.18 Å². The first-order valence-corrected chi connectivity index (χ1v) is 6.44. The van der Waals surface area contributed by atoms with E-state index in [4.69, 9.17) is 0 Å². The molecule has 112 valence electrons. The van der Waals surface area contributed by atoms with E-state index in [1.807, 2.05) is 20.8 Å². The molecule has 0 fully saturated rings. The third-order valence-electron chi connectivity index (χ3n) is 2.48. The standard InChI is InChI=1S/C13H17FN6O/c1-13(2,3)16-12(21)15-8-11-17-18-19-20(11)10-6-4-5-9(14)7-10/h4-7H,8H2,1-3H3,(H2,15,16,21). The van der Waals surface area contributed by atoms with Gasteiger partial charge in [-0.25, -0.2) is 9.18 Å². The molecule has 2 aromatic rings. The molecule has 0 bridgehead atoms. The molecule has 8 heteroatoms. The van der Waals surface area contributed by atoms with Crippen molar-refractivity contribution in [1.29, 1.82) is 0 Å². The molecule has 0 atom stereocenters. The first-order chi connectivity index (χ1) is 9.85. The Hall–Kier alpha value is -2.51. The van der Waals surface area contributed by atoms with Crippen LogP contribution in [0.25, 0.3) is 5.69 Å². The summed E-state index contributed by atoms with van der Waals surface area (Å²) in [6.45, 7) is 5.77. The second-order valence-corrected chi connectivity index (χ2v) is 5.54. The van der Waals surface area contributed by atoms with E-state index in [9.17, 15) is 9.18 Å². The minimum absolute atomic E-state index is 0.130. The third-order valence-corrected chi connectivity index (χ3v) is 2.48. The summed E-state index contributed by atoms with van der Waals surface area (Å²) in [6.07, 6.45) is 0. The number of nitrogens with one attached hydrogen (secondary N) is 2. The number of tetrazole rings is 1. The number of urea groups is 1. The topological polar surface area (TPSA) is 84.7 Å². The number of amides is 2. The lowest BCUT2D eigenvalue weighted by atomic mass is 10.1. The SMILES string of the molecule is CC(C)(C)NC(=O)NCc1nnnn1-c1cccc(F)c1. The van der Waals surface area contributed by atoms with Gasteiger partial charge >= 0.3 is 6.03 Å². The number of aromatic nitrogens is 4. The van der Waals surface area contributed by atoms with Gasteiger partial charge in [0.1, 0.15) is 5.82 Å². The Labute approximate surface area is 121 Å². The average Bonchev–Trinajstić information content (AvgIpc) is 2.82. The van der Waals surface area contributed by atoms with Gasteiger partial charge in [-0.15, -0.1) is 5.10 Å². The fourth-order valence-electron chi connectivity index (χ4n) is 1.67. The van der Waals surface area contributed by atoms with E-state index in [1.54, 1.807) is 12.1 Å². The Balaban J connectivity index is 2.06. The van der Waals surface area contributed by atoms with Gasteiger partial charge in [-0.2, -0.15) is 4.68 Å². The molecule has 1 aromatic heterocycles. The molecule has 21 heavy (non-hydrogen) atoms. The number of nitrogens with zero attached hydrogens (tertiary/aromatic N) is 4. The number of hydrogen-bond acceptors (Lipinski definition) is 4. The van der Waals surface area contributed by atoms with Gasteiger partial charge in [0.25, 0.3) is 0 Å². The zero-order valence-corrected chi connectivity index (χ0v) is 12.1. The van der Waals surface area contributed by atoms with E-state index in [2.05, 4.69) is 26.2 Å². The van der Waals surface area contributed by atoms with Crippen LogP contribution in [0.2, 0.25) is 0 Å². The van der Waals surface area contributed by atoms with Gasteiger partial charge in [0.2, 0.25) is 0 Å². The molecule has 0 aliphatic heterocycles. The highest BCUT2D eigenvalue weighted by Crippen LogP contribution is 2.09. The second kappa shape index (κ2) is 5.86. The molecule has 1 aromatic carbocycles. The first kappa shape index (κ1) is 14.9. The summed E-state index contributed by atoms with van der Waals surface area (Å²) in [7, 11) is 0. The van der Waals surface area contributed by atoms with Gasteiger partial charge in [-0.05, 0) is 49.4 Å². The van der Waals surface area contributed by atoms with Gasteiger partial charge in [-0.1, -0.05) is 6.07 Å². The summed E-state index contributed by atoms with van der Waals surface area (Å²) in [4.78, 5) is 11.7. The number of benzene rings is 1. The normalized spacial score (nSPS) is 11.2. The van der Waals surface area contributed by atoms with Gasteiger partial charge in [0.15, 0.2) is 5.82 Å². The zero-order chi connectivity index (χ0) is 15.5. The van der Waals surface area contributed by atoms with E-state index in [-0.39, 0.29) is 23.9 Å². The van der Waals surface area contributed by atoms with Crippen LogP contribution in [0.15, 0.2) is 24.3 Å². The predicted molar refractivity (Wildman–Crippen MR) is 74.2 cm³/mol. The Morgan fingerprint density at radius 1 is 1.38 bits per heavy atom. The fourth-order valence-corrected chi connectivity index (χ4v) is 1.67. The van der Waals surface area contributed by atoms with Crippen LogP contribution in [0.3, 0.4) is 0 Å². The zero-order valence-electron chi connectivity index (χ0n) is 12.1. The van der Waals surface area contributed by atoms with Gasteiger partial charge in [0.05, 0.1) is 12.2 Å². The van der Waals surface area contributed by atoms with Gasteiger partial charge in [-0.3, -0.25) is 0 Å². The lowest BCUT2D eigenvalue weighted by molar-refractivity contribution is 0.231. The van der Waals surface area contributed by atoms with E-state index in [0.717, 1.165) is 0 Å². The van der Waals surface area contributed by atoms with Crippen molar-refractivity contribution in [3.63, 3.8) is 0 Å². The Morgan fingerprint density at radius 2 is 2.14 bits per heavy atom. The average molecular weight is 292 g/mol. The molecule has 2 N–H and O–H groups in total. The molecule has 0 aliphatic rings.